The summed E-state index contributed by atoms with van der Waals surface area (Å²) >= 11 is 12.5. The van der Waals surface area contributed by atoms with Crippen molar-refractivity contribution in [3.8, 4) is 11.3 Å². The molecule has 166 valence electrons. The smallest absolute Gasteiger partial charge is 0.336 e. The van der Waals surface area contributed by atoms with Crippen molar-refractivity contribution in [2.75, 3.05) is 13.1 Å². The lowest BCUT2D eigenvalue weighted by Crippen LogP contribution is -2.31. The molecule has 0 aliphatic carbocycles. The normalized spacial score (nSPS) is 15.2. The fourth-order valence-corrected chi connectivity index (χ4v) is 4.66. The van der Waals surface area contributed by atoms with Gasteiger partial charge < -0.3 is 9.52 Å². The van der Waals surface area contributed by atoms with Gasteiger partial charge in [-0.1, -0.05) is 48.3 Å². The summed E-state index contributed by atoms with van der Waals surface area (Å²) < 4.78 is 6.08. The maximum Gasteiger partial charge on any atom is 0.336 e. The lowest BCUT2D eigenvalue weighted by Gasteiger charge is -2.30. The third-order valence-corrected chi connectivity index (χ3v) is 6.44. The van der Waals surface area contributed by atoms with Crippen LogP contribution in [0.3, 0.4) is 0 Å². The molecule has 0 saturated heterocycles. The summed E-state index contributed by atoms with van der Waals surface area (Å²) in [4.78, 5) is 19.3. The standard InChI is InChI=1S/C26H20Cl2N2O3/c1-2-30-13-15(11-17-8-10-23(33-17)19-12-16(27)7-9-21(19)28)25-20(14-30)24(26(31)32)18-5-3-4-6-22(18)29-25/h3-12H,2,13-14H2,1H3,(H,31,32)/b15-11-. The van der Waals surface area contributed by atoms with Crippen LogP contribution < -0.4 is 0 Å². The van der Waals surface area contributed by atoms with Crippen molar-refractivity contribution in [2.45, 2.75) is 13.5 Å². The van der Waals surface area contributed by atoms with E-state index in [2.05, 4.69) is 11.8 Å². The van der Waals surface area contributed by atoms with Crippen LogP contribution in [0.25, 0.3) is 33.9 Å². The second kappa shape index (κ2) is 8.67. The van der Waals surface area contributed by atoms with Gasteiger partial charge in [0.15, 0.2) is 0 Å². The molecule has 2 aromatic carbocycles. The quantitative estimate of drug-likeness (QED) is 0.346. The maximum absolute atomic E-state index is 12.3. The Hall–Kier alpha value is -3.12. The zero-order chi connectivity index (χ0) is 23.1. The van der Waals surface area contributed by atoms with E-state index >= 15 is 0 Å². The third kappa shape index (κ3) is 4.04. The molecular formula is C26H20Cl2N2O3. The molecule has 4 aromatic rings. The van der Waals surface area contributed by atoms with Crippen molar-refractivity contribution >= 4 is 51.7 Å². The number of nitrogens with zero attached hydrogens (tertiary/aromatic N) is 2. The van der Waals surface area contributed by atoms with Gasteiger partial charge in [0, 0.05) is 34.6 Å². The Morgan fingerprint density at radius 1 is 1.15 bits per heavy atom. The minimum absolute atomic E-state index is 0.311. The summed E-state index contributed by atoms with van der Waals surface area (Å²) in [6.07, 6.45) is 1.93. The number of rotatable bonds is 4. The molecule has 0 unspecified atom stereocenters. The number of aromatic carboxylic acids is 1. The average Bonchev–Trinajstić information content (AvgIpc) is 3.27. The molecule has 7 heteroatoms. The first-order valence-electron chi connectivity index (χ1n) is 10.6. The first-order chi connectivity index (χ1) is 15.9. The number of halogens is 2. The molecule has 1 aliphatic rings. The summed E-state index contributed by atoms with van der Waals surface area (Å²) in [7, 11) is 0. The molecule has 0 atom stereocenters. The molecule has 0 fully saturated rings. The summed E-state index contributed by atoms with van der Waals surface area (Å²) in [5.41, 5.74) is 4.02. The SMILES string of the molecule is CCN1C/C(=C/c2ccc(-c3cc(Cl)ccc3Cl)o2)c2nc3ccccc3c(C(=O)O)c2C1. The molecule has 0 amide bonds. The number of likely N-dealkylation sites (N-methyl/N-ethyl adjacent to an activating group) is 1. The molecule has 0 saturated carbocycles. The van der Waals surface area contributed by atoms with Crippen LogP contribution in [0, 0.1) is 0 Å². The molecule has 33 heavy (non-hydrogen) atoms. The van der Waals surface area contributed by atoms with Gasteiger partial charge >= 0.3 is 5.97 Å². The van der Waals surface area contributed by atoms with E-state index in [0.717, 1.165) is 17.7 Å². The van der Waals surface area contributed by atoms with E-state index in [1.165, 1.54) is 0 Å². The van der Waals surface area contributed by atoms with E-state index < -0.39 is 5.97 Å². The highest BCUT2D eigenvalue weighted by Gasteiger charge is 2.28. The van der Waals surface area contributed by atoms with Gasteiger partial charge in [-0.15, -0.1) is 0 Å². The van der Waals surface area contributed by atoms with E-state index in [1.807, 2.05) is 42.5 Å². The Balaban J connectivity index is 1.65. The van der Waals surface area contributed by atoms with Crippen molar-refractivity contribution in [1.29, 1.82) is 0 Å². The van der Waals surface area contributed by atoms with E-state index in [-0.39, 0.29) is 0 Å². The lowest BCUT2D eigenvalue weighted by atomic mass is 9.92. The molecule has 3 heterocycles. The number of carboxylic acid groups (broad SMARTS) is 1. The van der Waals surface area contributed by atoms with Crippen molar-refractivity contribution in [2.24, 2.45) is 0 Å². The van der Waals surface area contributed by atoms with Gasteiger partial charge in [0.05, 0.1) is 21.8 Å². The Labute approximate surface area is 200 Å². The van der Waals surface area contributed by atoms with Crippen molar-refractivity contribution in [3.05, 3.63) is 87.2 Å². The summed E-state index contributed by atoms with van der Waals surface area (Å²) in [5.74, 6) is 0.292. The monoisotopic (exact) mass is 478 g/mol. The number of para-hydroxylation sites is 1. The van der Waals surface area contributed by atoms with Crippen LogP contribution in [-0.4, -0.2) is 34.0 Å². The summed E-state index contributed by atoms with van der Waals surface area (Å²) in [5, 5.41) is 11.8. The van der Waals surface area contributed by atoms with Gasteiger partial charge in [0.25, 0.3) is 0 Å². The zero-order valence-electron chi connectivity index (χ0n) is 17.8. The second-order valence-electron chi connectivity index (χ2n) is 7.94. The van der Waals surface area contributed by atoms with Gasteiger partial charge in [-0.05, 0) is 54.6 Å². The summed E-state index contributed by atoms with van der Waals surface area (Å²) in [6.45, 7) is 4.01. The maximum atomic E-state index is 12.3. The molecule has 2 aromatic heterocycles. The number of aromatic nitrogens is 1. The summed E-state index contributed by atoms with van der Waals surface area (Å²) in [6, 6.07) is 16.3. The molecule has 0 radical (unpaired) electrons. The molecule has 1 aliphatic heterocycles. The van der Waals surface area contributed by atoms with Crippen molar-refractivity contribution in [3.63, 3.8) is 0 Å². The molecule has 5 rings (SSSR count). The van der Waals surface area contributed by atoms with Gasteiger partial charge in [-0.25, -0.2) is 9.78 Å². The lowest BCUT2D eigenvalue weighted by molar-refractivity contribution is 0.0696. The largest absolute Gasteiger partial charge is 0.478 e. The highest BCUT2D eigenvalue weighted by Crippen LogP contribution is 2.36. The first-order valence-corrected chi connectivity index (χ1v) is 11.3. The Morgan fingerprint density at radius 2 is 1.97 bits per heavy atom. The van der Waals surface area contributed by atoms with E-state index in [1.54, 1.807) is 18.2 Å². The van der Waals surface area contributed by atoms with Crippen LogP contribution in [0.4, 0.5) is 0 Å². The number of carboxylic acids is 1. The zero-order valence-corrected chi connectivity index (χ0v) is 19.3. The predicted molar refractivity (Wildman–Crippen MR) is 132 cm³/mol. The molecule has 5 nitrogen and oxygen atoms in total. The number of fused-ring (bicyclic) bond motifs is 2. The number of pyridine rings is 1. The van der Waals surface area contributed by atoms with Gasteiger partial charge in [-0.2, -0.15) is 0 Å². The minimum atomic E-state index is -0.946. The van der Waals surface area contributed by atoms with Crippen LogP contribution in [0.15, 0.2) is 59.0 Å². The molecular weight excluding hydrogens is 459 g/mol. The average molecular weight is 479 g/mol. The van der Waals surface area contributed by atoms with Crippen LogP contribution in [-0.2, 0) is 6.54 Å². The highest BCUT2D eigenvalue weighted by molar-refractivity contribution is 6.35. The number of hydrogen-bond donors (Lipinski definition) is 1. The third-order valence-electron chi connectivity index (χ3n) is 5.87. The Bertz CT molecular complexity index is 1420. The fourth-order valence-electron chi connectivity index (χ4n) is 4.28. The number of carbonyl (C=O) groups is 1. The molecule has 1 N–H and O–H groups in total. The van der Waals surface area contributed by atoms with Crippen LogP contribution in [0.5, 0.6) is 0 Å². The van der Waals surface area contributed by atoms with Gasteiger partial charge in [-0.3, -0.25) is 4.90 Å². The number of benzene rings is 2. The molecule has 0 bridgehead atoms. The van der Waals surface area contributed by atoms with Crippen LogP contribution in [0.1, 0.15) is 34.3 Å². The van der Waals surface area contributed by atoms with Crippen LogP contribution >= 0.6 is 23.2 Å². The Kier molecular flexibility index (Phi) is 5.71. The first kappa shape index (κ1) is 21.7. The second-order valence-corrected chi connectivity index (χ2v) is 8.78. The topological polar surface area (TPSA) is 66.6 Å². The van der Waals surface area contributed by atoms with Gasteiger partial charge in [0.2, 0.25) is 0 Å². The van der Waals surface area contributed by atoms with Crippen molar-refractivity contribution in [1.82, 2.24) is 9.88 Å². The Morgan fingerprint density at radius 3 is 2.76 bits per heavy atom. The van der Waals surface area contributed by atoms with Gasteiger partial charge in [0.1, 0.15) is 11.5 Å². The van der Waals surface area contributed by atoms with Crippen LogP contribution in [0.2, 0.25) is 10.0 Å². The fraction of sp³-hybridized carbons (Fsp3) is 0.154. The van der Waals surface area contributed by atoms with E-state index in [0.29, 0.717) is 62.4 Å². The number of hydrogen-bond acceptors (Lipinski definition) is 4. The van der Waals surface area contributed by atoms with E-state index in [9.17, 15) is 9.90 Å². The minimum Gasteiger partial charge on any atom is -0.478 e. The number of furan rings is 1. The highest BCUT2D eigenvalue weighted by atomic mass is 35.5. The molecule has 0 spiro atoms. The van der Waals surface area contributed by atoms with Crippen molar-refractivity contribution < 1.29 is 14.3 Å². The predicted octanol–water partition coefficient (Wildman–Crippen LogP) is 6.88. The van der Waals surface area contributed by atoms with E-state index in [4.69, 9.17) is 32.6 Å².